The number of rotatable bonds is 2. The first-order chi connectivity index (χ1) is 29.5. The molecule has 0 saturated heterocycles. The number of ether oxygens (including phenoxy) is 2. The first-order valence-corrected chi connectivity index (χ1v) is 21.3. The Balaban J connectivity index is 1.09. The van der Waals surface area contributed by atoms with E-state index >= 15 is 0 Å². The first kappa shape index (κ1) is 39.1. The minimum absolute atomic E-state index is 0.0940. The highest BCUT2D eigenvalue weighted by molar-refractivity contribution is 7.34. The van der Waals surface area contributed by atoms with Crippen molar-refractivity contribution in [3.63, 3.8) is 0 Å². The van der Waals surface area contributed by atoms with Crippen LogP contribution in [-0.4, -0.2) is 23.0 Å². The first-order valence-electron chi connectivity index (χ1n) is 18.1. The summed E-state index contributed by atoms with van der Waals surface area (Å²) in [5, 5.41) is 20.1. The molecule has 4 aromatic heterocycles. The lowest BCUT2D eigenvalue weighted by atomic mass is 9.92. The van der Waals surface area contributed by atoms with E-state index in [0.29, 0.717) is 31.3 Å². The Hall–Kier alpha value is -7.06. The van der Waals surface area contributed by atoms with Crippen molar-refractivity contribution in [1.29, 1.82) is 10.5 Å². The molecule has 0 N–H and O–H groups in total. The Morgan fingerprint density at radius 3 is 1.29 bits per heavy atom. The maximum absolute atomic E-state index is 14.4. The highest BCUT2D eigenvalue weighted by Crippen LogP contribution is 2.63. The van der Waals surface area contributed by atoms with Crippen molar-refractivity contribution in [3.05, 3.63) is 127 Å². The molecule has 10 nitrogen and oxygen atoms in total. The molecule has 0 saturated carbocycles. The van der Waals surface area contributed by atoms with E-state index in [-0.39, 0.29) is 44.8 Å². The quantitative estimate of drug-likeness (QED) is 0.0965. The topological polar surface area (TPSA) is 134 Å². The van der Waals surface area contributed by atoms with Crippen LogP contribution < -0.4 is 9.47 Å². The summed E-state index contributed by atoms with van der Waals surface area (Å²) < 4.78 is 72.4. The van der Waals surface area contributed by atoms with Gasteiger partial charge in [0.2, 0.25) is 11.6 Å². The number of hydrogen-bond donors (Lipinski definition) is 0. The molecule has 0 amide bonds. The fourth-order valence-electron chi connectivity index (χ4n) is 8.11. The van der Waals surface area contributed by atoms with Gasteiger partial charge in [0.15, 0.2) is 23.3 Å². The molecule has 0 radical (unpaired) electrons. The number of halogens is 4. The molecule has 0 unspecified atom stereocenters. The summed E-state index contributed by atoms with van der Waals surface area (Å²) in [6.45, 7) is 22.8. The summed E-state index contributed by atoms with van der Waals surface area (Å²) in [5.41, 5.74) is -2.54. The van der Waals surface area contributed by atoms with Crippen molar-refractivity contribution in [3.8, 4) is 43.1 Å². The van der Waals surface area contributed by atoms with Crippen LogP contribution in [0.4, 0.5) is 27.6 Å². The lowest BCUT2D eigenvalue weighted by molar-refractivity contribution is 0.106. The van der Waals surface area contributed by atoms with Gasteiger partial charge >= 0.3 is 0 Å². The van der Waals surface area contributed by atoms with Crippen LogP contribution in [0, 0.1) is 59.1 Å². The molecule has 0 fully saturated rings. The van der Waals surface area contributed by atoms with Crippen molar-refractivity contribution in [2.24, 2.45) is 9.98 Å². The number of benzene rings is 2. The monoisotopic (exact) mass is 898 g/mol. The number of thiophene rings is 4. The number of nitriles is 2. The Morgan fingerprint density at radius 2 is 0.952 bits per heavy atom. The van der Waals surface area contributed by atoms with Crippen LogP contribution in [0.1, 0.15) is 70.7 Å². The van der Waals surface area contributed by atoms with E-state index < -0.39 is 57.4 Å². The van der Waals surface area contributed by atoms with Crippen molar-refractivity contribution >= 4 is 98.9 Å². The molecular weight excluding hydrogens is 881 g/mol. The van der Waals surface area contributed by atoms with Gasteiger partial charge in [-0.1, -0.05) is 0 Å². The van der Waals surface area contributed by atoms with Gasteiger partial charge in [-0.25, -0.2) is 47.8 Å². The average Bonchev–Trinajstić information content (AvgIpc) is 4.05. The van der Waals surface area contributed by atoms with Crippen molar-refractivity contribution in [2.45, 2.75) is 38.9 Å². The lowest BCUT2D eigenvalue weighted by Gasteiger charge is -2.31. The Morgan fingerprint density at radius 1 is 0.597 bits per heavy atom. The SMILES string of the molecule is [C-]#[N+]C(C#N)=C1C(=Nc2cc3c(s2)-c2sc4c5c(sc4c2C(C)(C)O3)-c2sc(N=C3C(=O)c4cc(F)c(F)cc4/C3=C(/C#N)[N+]#[C-])cc2OC5(C)C)C(=O)c2cc(F)c(F)cc21. The van der Waals surface area contributed by atoms with Gasteiger partial charge in [-0.3, -0.25) is 9.59 Å². The average molecular weight is 899 g/mol. The Bertz CT molecular complexity index is 3250. The third kappa shape index (κ3) is 5.38. The van der Waals surface area contributed by atoms with Crippen molar-refractivity contribution in [2.75, 3.05) is 0 Å². The number of aliphatic imine (C=N–C) groups is 2. The number of ketones is 2. The largest absolute Gasteiger partial charge is 0.481 e. The van der Waals surface area contributed by atoms with Crippen LogP contribution in [-0.2, 0) is 11.2 Å². The van der Waals surface area contributed by atoms with Gasteiger partial charge in [-0.15, -0.1) is 45.3 Å². The van der Waals surface area contributed by atoms with Gasteiger partial charge in [-0.05, 0) is 63.1 Å². The van der Waals surface area contributed by atoms with Crippen LogP contribution in [0.5, 0.6) is 11.5 Å². The molecule has 6 heterocycles. The number of nitrogens with zero attached hydrogens (tertiary/aromatic N) is 6. The second-order valence-corrected chi connectivity index (χ2v) is 19.3. The predicted octanol–water partition coefficient (Wildman–Crippen LogP) is 12.5. The molecule has 18 heteroatoms. The third-order valence-corrected chi connectivity index (χ3v) is 15.5. The van der Waals surface area contributed by atoms with Crippen LogP contribution in [0.15, 0.2) is 57.8 Å². The molecule has 300 valence electrons. The lowest BCUT2D eigenvalue weighted by Crippen LogP contribution is -2.27. The summed E-state index contributed by atoms with van der Waals surface area (Å²) in [6.07, 6.45) is 0. The molecular formula is C44H18F4N6O4S4. The van der Waals surface area contributed by atoms with Crippen LogP contribution >= 0.6 is 45.3 Å². The standard InChI is InChI=1S/C44H18F4N6O4S4/c1-43(2)31-39(37-25(57-43)11-27(59-37)53-33-29(23(13-49)51-5)15-7-19(45)21(47)9-17(15)35(33)55)61-42-32-40(62-41(31)42)38-26(58-44(32,3)4)12-28(60-38)54-34-30(24(14-50)52-6)16-8-20(46)22(48)10-18(16)36(34)56/h7-12H,1-4H3/b29-23+,30-24?,53-33?,54-34?. The zero-order valence-electron chi connectivity index (χ0n) is 31.9. The third-order valence-electron chi connectivity index (χ3n) is 10.6. The Labute approximate surface area is 363 Å². The molecule has 2 aliphatic heterocycles. The van der Waals surface area contributed by atoms with E-state index in [0.717, 1.165) is 54.5 Å². The summed E-state index contributed by atoms with van der Waals surface area (Å²) in [5.74, 6) is -5.56. The van der Waals surface area contributed by atoms with E-state index in [1.54, 1.807) is 24.3 Å². The van der Waals surface area contributed by atoms with Gasteiger partial charge < -0.3 is 9.47 Å². The number of fused-ring (bicyclic) bond motifs is 11. The maximum Gasteiger partial charge on any atom is 0.271 e. The Kier molecular flexibility index (Phi) is 8.34. The van der Waals surface area contributed by atoms with E-state index in [1.807, 2.05) is 27.7 Å². The van der Waals surface area contributed by atoms with Gasteiger partial charge in [0.05, 0.1) is 54.2 Å². The highest BCUT2D eigenvalue weighted by Gasteiger charge is 2.45. The van der Waals surface area contributed by atoms with E-state index in [1.165, 1.54) is 45.3 Å². The molecule has 6 aromatic rings. The second-order valence-electron chi connectivity index (χ2n) is 15.1. The number of Topliss-reactive ketones (excluding diaryl/α,β-unsaturated/α-hetero) is 2. The summed E-state index contributed by atoms with van der Waals surface area (Å²) in [7, 11) is 0. The predicted molar refractivity (Wildman–Crippen MR) is 227 cm³/mol. The molecule has 2 aliphatic carbocycles. The van der Waals surface area contributed by atoms with Gasteiger partial charge in [-0.2, -0.15) is 0 Å². The summed E-state index contributed by atoms with van der Waals surface area (Å²) in [4.78, 5) is 46.0. The van der Waals surface area contributed by atoms with Crippen molar-refractivity contribution in [1.82, 2.24) is 0 Å². The number of carbonyl (C=O) groups excluding carboxylic acids is 2. The molecule has 2 aromatic carbocycles. The minimum Gasteiger partial charge on any atom is -0.481 e. The van der Waals surface area contributed by atoms with Gasteiger partial charge in [0, 0.05) is 45.5 Å². The van der Waals surface area contributed by atoms with Gasteiger partial charge in [0.25, 0.3) is 11.4 Å². The second kappa shape index (κ2) is 13.2. The fourth-order valence-corrected chi connectivity index (χ4v) is 13.8. The van der Waals surface area contributed by atoms with Crippen LogP contribution in [0.25, 0.3) is 49.7 Å². The molecule has 4 aliphatic rings. The maximum atomic E-state index is 14.4. The van der Waals surface area contributed by atoms with E-state index in [9.17, 15) is 37.7 Å². The fraction of sp³-hybridized carbons (Fsp3) is 0.136. The molecule has 0 spiro atoms. The normalized spacial score (nSPS) is 19.0. The smallest absolute Gasteiger partial charge is 0.271 e. The zero-order chi connectivity index (χ0) is 43.9. The molecule has 0 bridgehead atoms. The number of carbonyl (C=O) groups is 2. The molecule has 0 atom stereocenters. The van der Waals surface area contributed by atoms with Crippen molar-refractivity contribution < 1.29 is 36.6 Å². The molecule has 62 heavy (non-hydrogen) atoms. The minimum atomic E-state index is -1.25. The number of allylic oxidation sites excluding steroid dienone is 4. The van der Waals surface area contributed by atoms with Crippen LogP contribution in [0.2, 0.25) is 0 Å². The van der Waals surface area contributed by atoms with Crippen LogP contribution in [0.3, 0.4) is 0 Å². The highest BCUT2D eigenvalue weighted by atomic mass is 32.1. The van der Waals surface area contributed by atoms with Gasteiger partial charge in [0.1, 0.15) is 44.1 Å². The number of hydrogen-bond acceptors (Lipinski definition) is 12. The zero-order valence-corrected chi connectivity index (χ0v) is 35.2. The summed E-state index contributed by atoms with van der Waals surface area (Å²) >= 11 is 5.46. The molecule has 10 rings (SSSR count). The van der Waals surface area contributed by atoms with E-state index in [4.69, 9.17) is 22.6 Å². The summed E-state index contributed by atoms with van der Waals surface area (Å²) in [6, 6.07) is 9.84. The van der Waals surface area contributed by atoms with E-state index in [2.05, 4.69) is 19.7 Å².